The molecule has 0 unspecified atom stereocenters. The highest BCUT2D eigenvalue weighted by molar-refractivity contribution is 6.32. The van der Waals surface area contributed by atoms with Crippen molar-refractivity contribution in [1.82, 2.24) is 9.97 Å². The van der Waals surface area contributed by atoms with Gasteiger partial charge in [0.15, 0.2) is 0 Å². The van der Waals surface area contributed by atoms with Gasteiger partial charge >= 0.3 is 0 Å². The van der Waals surface area contributed by atoms with E-state index in [1.165, 1.54) is 32.7 Å². The summed E-state index contributed by atoms with van der Waals surface area (Å²) in [6.07, 6.45) is 2.66. The Hall–Kier alpha value is -2.54. The highest BCUT2D eigenvalue weighted by atomic mass is 35.5. The molecule has 0 aliphatic carbocycles. The van der Waals surface area contributed by atoms with E-state index in [0.717, 1.165) is 0 Å². The molecule has 0 aliphatic heterocycles. The number of methoxy groups -OCH3 is 2. The lowest BCUT2D eigenvalue weighted by molar-refractivity contribution is 0.102. The van der Waals surface area contributed by atoms with Gasteiger partial charge in [-0.3, -0.25) is 9.78 Å². The van der Waals surface area contributed by atoms with Crippen molar-refractivity contribution in [2.75, 3.05) is 25.3 Å². The van der Waals surface area contributed by atoms with Crippen LogP contribution < -0.4 is 20.5 Å². The van der Waals surface area contributed by atoms with Gasteiger partial charge in [-0.05, 0) is 6.07 Å². The maximum absolute atomic E-state index is 12.1. The fraction of sp³-hybridized carbons (Fsp3) is 0.154. The zero-order valence-corrected chi connectivity index (χ0v) is 12.1. The number of hydrogen-bond donors (Lipinski definition) is 2. The SMILES string of the molecule is COc1cc(OC)c(NC(=O)c2cncc(N)n2)cc1Cl. The molecular formula is C13H13ClN4O3. The zero-order chi connectivity index (χ0) is 15.4. The normalized spacial score (nSPS) is 10.0. The van der Waals surface area contributed by atoms with Crippen LogP contribution in [0.4, 0.5) is 11.5 Å². The van der Waals surface area contributed by atoms with Crippen LogP contribution in [0, 0.1) is 0 Å². The summed E-state index contributed by atoms with van der Waals surface area (Å²) in [7, 11) is 2.96. The van der Waals surface area contributed by atoms with Crippen molar-refractivity contribution in [3.8, 4) is 11.5 Å². The monoisotopic (exact) mass is 308 g/mol. The van der Waals surface area contributed by atoms with Crippen LogP contribution in [-0.2, 0) is 0 Å². The lowest BCUT2D eigenvalue weighted by Crippen LogP contribution is -2.15. The number of hydrogen-bond acceptors (Lipinski definition) is 6. The van der Waals surface area contributed by atoms with Crippen molar-refractivity contribution in [1.29, 1.82) is 0 Å². The van der Waals surface area contributed by atoms with Gasteiger partial charge in [0, 0.05) is 6.07 Å². The first-order valence-corrected chi connectivity index (χ1v) is 6.23. The number of carbonyl (C=O) groups excluding carboxylic acids is 1. The van der Waals surface area contributed by atoms with Gasteiger partial charge in [0.1, 0.15) is 23.0 Å². The second-order valence-corrected chi connectivity index (χ2v) is 4.38. The van der Waals surface area contributed by atoms with Crippen LogP contribution in [0.15, 0.2) is 24.5 Å². The van der Waals surface area contributed by atoms with E-state index in [1.807, 2.05) is 0 Å². The molecule has 2 aromatic rings. The van der Waals surface area contributed by atoms with Gasteiger partial charge in [0.05, 0.1) is 37.3 Å². The number of nitrogens with zero attached hydrogens (tertiary/aromatic N) is 2. The number of carbonyl (C=O) groups is 1. The topological polar surface area (TPSA) is 99.4 Å². The van der Waals surface area contributed by atoms with Gasteiger partial charge in [0.25, 0.3) is 5.91 Å². The molecule has 0 radical (unpaired) electrons. The molecule has 0 bridgehead atoms. The van der Waals surface area contributed by atoms with E-state index >= 15 is 0 Å². The van der Waals surface area contributed by atoms with Crippen LogP contribution in [-0.4, -0.2) is 30.1 Å². The molecule has 21 heavy (non-hydrogen) atoms. The van der Waals surface area contributed by atoms with Crippen molar-refractivity contribution < 1.29 is 14.3 Å². The summed E-state index contributed by atoms with van der Waals surface area (Å²) >= 11 is 6.03. The molecule has 1 aromatic carbocycles. The minimum Gasteiger partial charge on any atom is -0.495 e. The molecule has 7 nitrogen and oxygen atoms in total. The molecule has 0 fully saturated rings. The third-order valence-corrected chi connectivity index (χ3v) is 2.90. The molecule has 1 aromatic heterocycles. The van der Waals surface area contributed by atoms with E-state index in [1.54, 1.807) is 6.07 Å². The standard InChI is InChI=1S/C13H13ClN4O3/c1-20-10-4-11(21-2)8(3-7(10)14)18-13(19)9-5-16-6-12(15)17-9/h3-6H,1-2H3,(H2,15,17)(H,18,19). The Morgan fingerprint density at radius 2 is 1.95 bits per heavy atom. The van der Waals surface area contributed by atoms with Crippen molar-refractivity contribution in [3.05, 3.63) is 35.2 Å². The average molecular weight is 309 g/mol. The first-order chi connectivity index (χ1) is 10.0. The van der Waals surface area contributed by atoms with E-state index < -0.39 is 5.91 Å². The number of aromatic nitrogens is 2. The Balaban J connectivity index is 2.30. The third-order valence-electron chi connectivity index (χ3n) is 2.61. The maximum Gasteiger partial charge on any atom is 0.276 e. The summed E-state index contributed by atoms with van der Waals surface area (Å²) in [5.41, 5.74) is 5.97. The van der Waals surface area contributed by atoms with Crippen molar-refractivity contribution in [3.63, 3.8) is 0 Å². The number of ether oxygens (including phenoxy) is 2. The Labute approximate surface area is 126 Å². The first-order valence-electron chi connectivity index (χ1n) is 5.85. The number of anilines is 2. The van der Waals surface area contributed by atoms with Crippen LogP contribution in [0.3, 0.4) is 0 Å². The van der Waals surface area contributed by atoms with E-state index in [0.29, 0.717) is 22.2 Å². The summed E-state index contributed by atoms with van der Waals surface area (Å²) in [6, 6.07) is 3.10. The Kier molecular flexibility index (Phi) is 4.44. The molecule has 2 rings (SSSR count). The number of halogens is 1. The number of rotatable bonds is 4. The van der Waals surface area contributed by atoms with Crippen molar-refractivity contribution in [2.45, 2.75) is 0 Å². The van der Waals surface area contributed by atoms with Crippen molar-refractivity contribution in [2.24, 2.45) is 0 Å². The van der Waals surface area contributed by atoms with E-state index in [4.69, 9.17) is 26.8 Å². The summed E-state index contributed by atoms with van der Waals surface area (Å²) in [5.74, 6) is 0.522. The van der Waals surface area contributed by atoms with Crippen LogP contribution in [0.25, 0.3) is 0 Å². The summed E-state index contributed by atoms with van der Waals surface area (Å²) in [6.45, 7) is 0. The van der Waals surface area contributed by atoms with Gasteiger partial charge in [-0.1, -0.05) is 11.6 Å². The second kappa shape index (κ2) is 6.27. The van der Waals surface area contributed by atoms with Gasteiger partial charge in [-0.2, -0.15) is 0 Å². The maximum atomic E-state index is 12.1. The van der Waals surface area contributed by atoms with Crippen LogP contribution in [0.1, 0.15) is 10.5 Å². The average Bonchev–Trinajstić information content (AvgIpc) is 2.47. The van der Waals surface area contributed by atoms with Gasteiger partial charge in [-0.15, -0.1) is 0 Å². The van der Waals surface area contributed by atoms with Gasteiger partial charge in [0.2, 0.25) is 0 Å². The summed E-state index contributed by atoms with van der Waals surface area (Å²) < 4.78 is 10.3. The van der Waals surface area contributed by atoms with Gasteiger partial charge in [-0.25, -0.2) is 4.98 Å². The van der Waals surface area contributed by atoms with Crippen LogP contribution in [0.2, 0.25) is 5.02 Å². The van der Waals surface area contributed by atoms with E-state index in [-0.39, 0.29) is 11.5 Å². The molecule has 8 heteroatoms. The lowest BCUT2D eigenvalue weighted by atomic mass is 10.2. The second-order valence-electron chi connectivity index (χ2n) is 3.97. The number of nitrogens with two attached hydrogens (primary N) is 1. The van der Waals surface area contributed by atoms with Crippen molar-refractivity contribution >= 4 is 29.0 Å². The molecule has 110 valence electrons. The minimum atomic E-state index is -0.477. The molecule has 0 aliphatic rings. The van der Waals surface area contributed by atoms with E-state index in [9.17, 15) is 4.79 Å². The third kappa shape index (κ3) is 3.32. The predicted octanol–water partition coefficient (Wildman–Crippen LogP) is 1.98. The largest absolute Gasteiger partial charge is 0.495 e. The number of benzene rings is 1. The quantitative estimate of drug-likeness (QED) is 0.896. The molecule has 1 amide bonds. The summed E-state index contributed by atoms with van der Waals surface area (Å²) in [4.78, 5) is 19.8. The molecule has 3 N–H and O–H groups in total. The molecule has 0 atom stereocenters. The number of nitrogens with one attached hydrogen (secondary N) is 1. The predicted molar refractivity (Wildman–Crippen MR) is 79.0 cm³/mol. The smallest absolute Gasteiger partial charge is 0.276 e. The molecule has 0 saturated carbocycles. The molecular weight excluding hydrogens is 296 g/mol. The van der Waals surface area contributed by atoms with Gasteiger partial charge < -0.3 is 20.5 Å². The lowest BCUT2D eigenvalue weighted by Gasteiger charge is -2.12. The fourth-order valence-electron chi connectivity index (χ4n) is 1.63. The van der Waals surface area contributed by atoms with Crippen LogP contribution >= 0.6 is 11.6 Å². The Bertz CT molecular complexity index is 678. The van der Waals surface area contributed by atoms with Crippen LogP contribution in [0.5, 0.6) is 11.5 Å². The minimum absolute atomic E-state index is 0.0870. The molecule has 0 saturated heterocycles. The number of nitrogen functional groups attached to an aromatic ring is 1. The molecule has 1 heterocycles. The Morgan fingerprint density at radius 1 is 1.24 bits per heavy atom. The molecule has 0 spiro atoms. The number of amides is 1. The Morgan fingerprint density at radius 3 is 2.57 bits per heavy atom. The zero-order valence-electron chi connectivity index (χ0n) is 11.4. The fourth-order valence-corrected chi connectivity index (χ4v) is 1.88. The first kappa shape index (κ1) is 14.9. The highest BCUT2D eigenvalue weighted by Gasteiger charge is 2.14. The van der Waals surface area contributed by atoms with E-state index in [2.05, 4.69) is 15.3 Å². The highest BCUT2D eigenvalue weighted by Crippen LogP contribution is 2.35. The summed E-state index contributed by atoms with van der Waals surface area (Å²) in [5, 5.41) is 2.98.